The van der Waals surface area contributed by atoms with Gasteiger partial charge < -0.3 is 0 Å². The zero-order valence-corrected chi connectivity index (χ0v) is 17.4. The summed E-state index contributed by atoms with van der Waals surface area (Å²) in [5.74, 6) is 0. The van der Waals surface area contributed by atoms with Gasteiger partial charge in [-0.05, 0) is 50.1 Å². The lowest BCUT2D eigenvalue weighted by atomic mass is 10.1. The average Bonchev–Trinajstić information content (AvgIpc) is 2.95. The molecule has 0 radical (unpaired) electrons. The average molecular weight is 411 g/mol. The molecule has 2 aromatic carbocycles. The first-order valence-corrected chi connectivity index (χ1v) is 10.1. The third-order valence-electron chi connectivity index (χ3n) is 4.98. The van der Waals surface area contributed by atoms with Crippen molar-refractivity contribution >= 4 is 33.2 Å². The number of nitrogens with zero attached hydrogens (tertiary/aromatic N) is 2. The van der Waals surface area contributed by atoms with E-state index in [0.29, 0.717) is 27.5 Å². The molecule has 0 N–H and O–H groups in total. The first-order chi connectivity index (χ1) is 13.4. The summed E-state index contributed by atoms with van der Waals surface area (Å²) in [6.45, 7) is 6.33. The number of thiophene rings is 1. The van der Waals surface area contributed by atoms with E-state index in [1.807, 2.05) is 45.0 Å². The molecule has 28 heavy (non-hydrogen) atoms. The van der Waals surface area contributed by atoms with Crippen molar-refractivity contribution < 1.29 is 0 Å². The van der Waals surface area contributed by atoms with Gasteiger partial charge in [-0.1, -0.05) is 47.5 Å². The molecular formula is C22H19ClN2O2S. The minimum absolute atomic E-state index is 0.302. The highest BCUT2D eigenvalue weighted by atomic mass is 35.5. The molecule has 142 valence electrons. The van der Waals surface area contributed by atoms with Gasteiger partial charge in [0.2, 0.25) is 0 Å². The quantitative estimate of drug-likeness (QED) is 0.485. The molecule has 0 aliphatic rings. The van der Waals surface area contributed by atoms with Gasteiger partial charge in [0.15, 0.2) is 0 Å². The maximum absolute atomic E-state index is 13.4. The van der Waals surface area contributed by atoms with Gasteiger partial charge in [-0.2, -0.15) is 0 Å². The summed E-state index contributed by atoms with van der Waals surface area (Å²) in [4.78, 5) is 28.4. The molecule has 4 rings (SSSR count). The number of rotatable bonds is 3. The number of aryl methyl sites for hydroxylation is 3. The molecule has 0 amide bonds. The molecule has 0 saturated heterocycles. The molecule has 6 heteroatoms. The highest BCUT2D eigenvalue weighted by molar-refractivity contribution is 7.18. The number of fused-ring (bicyclic) bond motifs is 1. The van der Waals surface area contributed by atoms with Crippen LogP contribution >= 0.6 is 22.9 Å². The van der Waals surface area contributed by atoms with E-state index in [1.165, 1.54) is 15.9 Å². The Labute approximate surface area is 171 Å². The van der Waals surface area contributed by atoms with Crippen molar-refractivity contribution in [2.45, 2.75) is 27.3 Å². The zero-order valence-electron chi connectivity index (χ0n) is 15.8. The summed E-state index contributed by atoms with van der Waals surface area (Å²) in [5.41, 5.74) is 2.90. The molecule has 2 heterocycles. The fourth-order valence-corrected chi connectivity index (χ4v) is 4.64. The molecule has 0 atom stereocenters. The largest absolute Gasteiger partial charge is 0.337 e. The Hall–Kier alpha value is -2.63. The Bertz CT molecular complexity index is 1310. The fourth-order valence-electron chi connectivity index (χ4n) is 3.32. The Morgan fingerprint density at radius 1 is 1.00 bits per heavy atom. The highest BCUT2D eigenvalue weighted by Crippen LogP contribution is 2.27. The highest BCUT2D eigenvalue weighted by Gasteiger charge is 2.19. The molecule has 0 spiro atoms. The van der Waals surface area contributed by atoms with E-state index in [-0.39, 0.29) is 11.2 Å². The van der Waals surface area contributed by atoms with Crippen LogP contribution in [0.25, 0.3) is 15.9 Å². The molecule has 0 aliphatic heterocycles. The minimum atomic E-state index is -0.360. The van der Waals surface area contributed by atoms with Crippen LogP contribution in [0.2, 0.25) is 5.02 Å². The third-order valence-corrected chi connectivity index (χ3v) is 6.44. The lowest BCUT2D eigenvalue weighted by Crippen LogP contribution is -2.38. The van der Waals surface area contributed by atoms with E-state index in [2.05, 4.69) is 0 Å². The van der Waals surface area contributed by atoms with E-state index in [9.17, 15) is 9.59 Å². The summed E-state index contributed by atoms with van der Waals surface area (Å²) >= 11 is 7.60. The van der Waals surface area contributed by atoms with E-state index >= 15 is 0 Å². The first kappa shape index (κ1) is 18.7. The van der Waals surface area contributed by atoms with Crippen LogP contribution in [0.3, 0.4) is 0 Å². The van der Waals surface area contributed by atoms with Crippen LogP contribution in [0, 0.1) is 20.8 Å². The van der Waals surface area contributed by atoms with Gasteiger partial charge in [0.05, 0.1) is 17.6 Å². The molecule has 4 aromatic rings. The Morgan fingerprint density at radius 3 is 2.39 bits per heavy atom. The van der Waals surface area contributed by atoms with Crippen molar-refractivity contribution in [2.24, 2.45) is 0 Å². The number of benzene rings is 2. The summed E-state index contributed by atoms with van der Waals surface area (Å²) in [6.07, 6.45) is 0. The van der Waals surface area contributed by atoms with Gasteiger partial charge in [0.25, 0.3) is 5.56 Å². The second-order valence-electron chi connectivity index (χ2n) is 6.94. The van der Waals surface area contributed by atoms with E-state index in [1.54, 1.807) is 28.8 Å². The van der Waals surface area contributed by atoms with Gasteiger partial charge in [0, 0.05) is 9.90 Å². The lowest BCUT2D eigenvalue weighted by Gasteiger charge is -2.13. The van der Waals surface area contributed by atoms with Crippen LogP contribution in [-0.4, -0.2) is 9.13 Å². The summed E-state index contributed by atoms with van der Waals surface area (Å²) < 4.78 is 2.91. The van der Waals surface area contributed by atoms with Crippen molar-refractivity contribution in [3.05, 3.63) is 96.0 Å². The van der Waals surface area contributed by atoms with Crippen LogP contribution in [-0.2, 0) is 6.54 Å². The van der Waals surface area contributed by atoms with Crippen LogP contribution < -0.4 is 11.2 Å². The summed E-state index contributed by atoms with van der Waals surface area (Å²) in [7, 11) is 0. The predicted octanol–water partition coefficient (Wildman–Crippen LogP) is 4.84. The SMILES string of the molecule is Cc1ccc(Cn2c(=O)n(-c3cccc(Cl)c3)c(=O)c3c(C)c(C)sc32)cc1. The Kier molecular flexibility index (Phi) is 4.73. The molecular weight excluding hydrogens is 392 g/mol. The molecule has 0 saturated carbocycles. The number of hydrogen-bond acceptors (Lipinski definition) is 3. The molecule has 0 fully saturated rings. The zero-order chi connectivity index (χ0) is 20.0. The molecule has 4 nitrogen and oxygen atoms in total. The second kappa shape index (κ2) is 7.08. The van der Waals surface area contributed by atoms with Gasteiger partial charge >= 0.3 is 5.69 Å². The van der Waals surface area contributed by atoms with Gasteiger partial charge in [-0.15, -0.1) is 11.3 Å². The summed E-state index contributed by atoms with van der Waals surface area (Å²) in [6, 6.07) is 14.9. The number of aromatic nitrogens is 2. The van der Waals surface area contributed by atoms with Gasteiger partial charge in [0.1, 0.15) is 4.83 Å². The predicted molar refractivity (Wildman–Crippen MR) is 116 cm³/mol. The number of halogens is 1. The molecule has 2 aromatic heterocycles. The smallest absolute Gasteiger partial charge is 0.280 e. The molecule has 0 unspecified atom stereocenters. The van der Waals surface area contributed by atoms with Crippen molar-refractivity contribution in [2.75, 3.05) is 0 Å². The van der Waals surface area contributed by atoms with Crippen molar-refractivity contribution in [3.63, 3.8) is 0 Å². The third kappa shape index (κ3) is 3.11. The van der Waals surface area contributed by atoms with Crippen molar-refractivity contribution in [1.82, 2.24) is 9.13 Å². The van der Waals surface area contributed by atoms with Crippen LogP contribution in [0.1, 0.15) is 21.6 Å². The lowest BCUT2D eigenvalue weighted by molar-refractivity contribution is 0.719. The standard InChI is InChI=1S/C22H19ClN2O2S/c1-13-7-9-16(10-8-13)12-24-21-19(14(2)15(3)28-21)20(26)25(22(24)27)18-6-4-5-17(23)11-18/h4-11H,12H2,1-3H3. The Morgan fingerprint density at radius 2 is 1.71 bits per heavy atom. The van der Waals surface area contributed by atoms with Crippen LogP contribution in [0.5, 0.6) is 0 Å². The summed E-state index contributed by atoms with van der Waals surface area (Å²) in [5, 5.41) is 1.07. The minimum Gasteiger partial charge on any atom is -0.280 e. The maximum atomic E-state index is 13.4. The van der Waals surface area contributed by atoms with Crippen molar-refractivity contribution in [3.8, 4) is 5.69 Å². The van der Waals surface area contributed by atoms with Gasteiger partial charge in [-0.3, -0.25) is 9.36 Å². The van der Waals surface area contributed by atoms with Crippen molar-refractivity contribution in [1.29, 1.82) is 0 Å². The molecule has 0 bridgehead atoms. The molecule has 0 aliphatic carbocycles. The normalized spacial score (nSPS) is 11.3. The second-order valence-corrected chi connectivity index (χ2v) is 8.58. The fraction of sp³-hybridized carbons (Fsp3) is 0.182. The van der Waals surface area contributed by atoms with E-state index < -0.39 is 0 Å². The van der Waals surface area contributed by atoms with Crippen LogP contribution in [0.4, 0.5) is 0 Å². The van der Waals surface area contributed by atoms with Gasteiger partial charge in [-0.25, -0.2) is 9.36 Å². The van der Waals surface area contributed by atoms with Crippen LogP contribution in [0.15, 0.2) is 58.1 Å². The number of hydrogen-bond donors (Lipinski definition) is 0. The van der Waals surface area contributed by atoms with E-state index in [4.69, 9.17) is 11.6 Å². The monoisotopic (exact) mass is 410 g/mol. The van der Waals surface area contributed by atoms with E-state index in [0.717, 1.165) is 21.6 Å². The topological polar surface area (TPSA) is 44.0 Å². The Balaban J connectivity index is 2.06. The first-order valence-electron chi connectivity index (χ1n) is 8.94. The maximum Gasteiger partial charge on any atom is 0.337 e.